The number of carbonyl (C=O) groups is 2. The summed E-state index contributed by atoms with van der Waals surface area (Å²) in [7, 11) is -2.32. The van der Waals surface area contributed by atoms with Crippen molar-refractivity contribution in [1.82, 2.24) is 15.4 Å². The summed E-state index contributed by atoms with van der Waals surface area (Å²) < 4.78 is 45.8. The molecule has 0 saturated heterocycles. The molecule has 3 N–H and O–H groups in total. The molecular formula is C27H45N3O7S. The molecule has 216 valence electrons. The zero-order valence-corrected chi connectivity index (χ0v) is 25.1. The number of rotatable bonds is 11. The summed E-state index contributed by atoms with van der Waals surface area (Å²) in [6.07, 6.45) is 2.15. The first-order valence-electron chi connectivity index (χ1n) is 13.1. The highest BCUT2D eigenvalue weighted by molar-refractivity contribution is 7.89. The second-order valence-electron chi connectivity index (χ2n) is 11.4. The number of alkyl carbamates (subject to hydrolysis) is 1. The SMILES string of the molecule is COCNC(=O)[C@H](CCCCNS(=O)(=O)c1c(C)c(C)c2c(c1C)CCC(C)(C)O2)NC(=O)OC(C)(C)C. The van der Waals surface area contributed by atoms with Gasteiger partial charge in [-0.1, -0.05) is 0 Å². The van der Waals surface area contributed by atoms with Crippen LogP contribution in [0, 0.1) is 20.8 Å². The van der Waals surface area contributed by atoms with Crippen LogP contribution in [0.2, 0.25) is 0 Å². The molecule has 1 aliphatic heterocycles. The van der Waals surface area contributed by atoms with E-state index in [9.17, 15) is 18.0 Å². The standard InChI is InChI=1S/C27H45N3O7S/c1-17-18(2)23(19(3)20-13-14-27(7,8)36-22(17)20)38(33,34)29-15-11-10-12-21(24(31)28-16-35-9)30-25(32)37-26(4,5)6/h21,29H,10-16H2,1-9H3,(H,28,31)(H,30,32)/t21-/m0/s1. The highest BCUT2D eigenvalue weighted by Gasteiger charge is 2.33. The largest absolute Gasteiger partial charge is 0.487 e. The van der Waals surface area contributed by atoms with Crippen molar-refractivity contribution in [2.45, 2.75) is 110 Å². The van der Waals surface area contributed by atoms with Gasteiger partial charge in [-0.2, -0.15) is 0 Å². The molecule has 0 bridgehead atoms. The molecule has 0 unspecified atom stereocenters. The van der Waals surface area contributed by atoms with Gasteiger partial charge in [-0.3, -0.25) is 4.79 Å². The number of methoxy groups -OCH3 is 1. The van der Waals surface area contributed by atoms with E-state index >= 15 is 0 Å². The number of hydrogen-bond donors (Lipinski definition) is 3. The van der Waals surface area contributed by atoms with E-state index in [4.69, 9.17) is 14.2 Å². The van der Waals surface area contributed by atoms with Crippen LogP contribution in [-0.2, 0) is 30.7 Å². The lowest BCUT2D eigenvalue weighted by molar-refractivity contribution is -0.124. The third-order valence-electron chi connectivity index (χ3n) is 6.55. The van der Waals surface area contributed by atoms with Crippen molar-refractivity contribution in [3.8, 4) is 5.75 Å². The third-order valence-corrected chi connectivity index (χ3v) is 8.28. The van der Waals surface area contributed by atoms with E-state index in [1.165, 1.54) is 7.11 Å². The molecule has 0 aromatic heterocycles. The van der Waals surface area contributed by atoms with Crippen molar-refractivity contribution in [2.24, 2.45) is 0 Å². The van der Waals surface area contributed by atoms with Gasteiger partial charge in [0.1, 0.15) is 29.7 Å². The fourth-order valence-electron chi connectivity index (χ4n) is 4.49. The van der Waals surface area contributed by atoms with Gasteiger partial charge < -0.3 is 24.8 Å². The number of unbranched alkanes of at least 4 members (excludes halogenated alkanes) is 1. The molecule has 1 atom stereocenters. The minimum Gasteiger partial charge on any atom is -0.487 e. The van der Waals surface area contributed by atoms with Gasteiger partial charge in [0.15, 0.2) is 0 Å². The average Bonchev–Trinajstić information content (AvgIpc) is 2.78. The Morgan fingerprint density at radius 1 is 1.08 bits per heavy atom. The average molecular weight is 556 g/mol. The summed E-state index contributed by atoms with van der Waals surface area (Å²) in [6.45, 7) is 15.1. The number of nitrogens with one attached hydrogen (secondary N) is 3. The summed E-state index contributed by atoms with van der Waals surface area (Å²) >= 11 is 0. The lowest BCUT2D eigenvalue weighted by atomic mass is 9.88. The Morgan fingerprint density at radius 2 is 1.74 bits per heavy atom. The van der Waals surface area contributed by atoms with Crippen molar-refractivity contribution in [2.75, 3.05) is 20.4 Å². The van der Waals surface area contributed by atoms with Crippen molar-refractivity contribution >= 4 is 22.0 Å². The number of ether oxygens (including phenoxy) is 3. The molecule has 0 fully saturated rings. The molecule has 2 rings (SSSR count). The Bertz CT molecular complexity index is 1120. The molecule has 38 heavy (non-hydrogen) atoms. The minimum absolute atomic E-state index is 0.00651. The maximum atomic E-state index is 13.3. The molecule has 1 heterocycles. The van der Waals surface area contributed by atoms with E-state index < -0.39 is 33.7 Å². The van der Waals surface area contributed by atoms with Crippen LogP contribution in [0.15, 0.2) is 4.90 Å². The molecule has 10 nitrogen and oxygen atoms in total. The van der Waals surface area contributed by atoms with Gasteiger partial charge in [0.2, 0.25) is 15.9 Å². The highest BCUT2D eigenvalue weighted by atomic mass is 32.2. The van der Waals surface area contributed by atoms with Gasteiger partial charge in [-0.15, -0.1) is 0 Å². The van der Waals surface area contributed by atoms with E-state index in [1.807, 2.05) is 34.6 Å². The van der Waals surface area contributed by atoms with Crippen LogP contribution in [0.1, 0.15) is 82.6 Å². The van der Waals surface area contributed by atoms with Crippen LogP contribution in [0.4, 0.5) is 4.79 Å². The normalized spacial score (nSPS) is 15.7. The molecule has 0 aliphatic carbocycles. The molecule has 11 heteroatoms. The monoisotopic (exact) mass is 555 g/mol. The van der Waals surface area contributed by atoms with Gasteiger partial charge in [-0.05, 0) is 110 Å². The molecule has 1 aliphatic rings. The summed E-state index contributed by atoms with van der Waals surface area (Å²) in [6, 6.07) is -0.839. The molecule has 1 aromatic rings. The van der Waals surface area contributed by atoms with Crippen molar-refractivity contribution in [3.05, 3.63) is 22.3 Å². The molecule has 0 saturated carbocycles. The number of carbonyl (C=O) groups excluding carboxylic acids is 2. The Hall–Kier alpha value is -2.37. The van der Waals surface area contributed by atoms with Crippen molar-refractivity contribution in [1.29, 1.82) is 0 Å². The van der Waals surface area contributed by atoms with E-state index in [0.717, 1.165) is 35.3 Å². The Kier molecular flexibility index (Phi) is 10.6. The first kappa shape index (κ1) is 31.8. The maximum absolute atomic E-state index is 13.3. The zero-order valence-electron chi connectivity index (χ0n) is 24.3. The summed E-state index contributed by atoms with van der Waals surface area (Å²) in [4.78, 5) is 25.0. The van der Waals surface area contributed by atoms with E-state index in [1.54, 1.807) is 20.8 Å². The fourth-order valence-corrected chi connectivity index (χ4v) is 6.13. The van der Waals surface area contributed by atoms with Crippen molar-refractivity contribution in [3.63, 3.8) is 0 Å². The number of fused-ring (bicyclic) bond motifs is 1. The number of hydrogen-bond acceptors (Lipinski definition) is 7. The lowest BCUT2D eigenvalue weighted by Crippen LogP contribution is -2.48. The second-order valence-corrected chi connectivity index (χ2v) is 13.1. The minimum atomic E-state index is -3.77. The highest BCUT2D eigenvalue weighted by Crippen LogP contribution is 2.42. The summed E-state index contributed by atoms with van der Waals surface area (Å²) in [5.41, 5.74) is 2.21. The van der Waals surface area contributed by atoms with E-state index in [0.29, 0.717) is 29.7 Å². The first-order valence-corrected chi connectivity index (χ1v) is 14.5. The van der Waals surface area contributed by atoms with Crippen molar-refractivity contribution < 1.29 is 32.2 Å². The van der Waals surface area contributed by atoms with Gasteiger partial charge in [0, 0.05) is 13.7 Å². The van der Waals surface area contributed by atoms with Crippen LogP contribution in [0.5, 0.6) is 5.75 Å². The van der Waals surface area contributed by atoms with Crippen LogP contribution in [-0.4, -0.2) is 58.0 Å². The molecular weight excluding hydrogens is 510 g/mol. The molecule has 0 radical (unpaired) electrons. The summed E-state index contributed by atoms with van der Waals surface area (Å²) in [5.74, 6) is 0.393. The fraction of sp³-hybridized carbons (Fsp3) is 0.704. The maximum Gasteiger partial charge on any atom is 0.408 e. The number of benzene rings is 1. The zero-order chi connectivity index (χ0) is 28.9. The smallest absolute Gasteiger partial charge is 0.408 e. The van der Waals surface area contributed by atoms with Gasteiger partial charge in [0.25, 0.3) is 0 Å². The molecule has 2 amide bonds. The summed E-state index contributed by atoms with van der Waals surface area (Å²) in [5, 5.41) is 5.17. The van der Waals surface area contributed by atoms with Crippen LogP contribution >= 0.6 is 0 Å². The molecule has 1 aromatic carbocycles. The molecule has 0 spiro atoms. The Balaban J connectivity index is 2.04. The van der Waals surface area contributed by atoms with E-state index in [2.05, 4.69) is 15.4 Å². The Labute approximate surface area is 227 Å². The van der Waals surface area contributed by atoms with Gasteiger partial charge in [0.05, 0.1) is 4.90 Å². The van der Waals surface area contributed by atoms with Crippen LogP contribution in [0.3, 0.4) is 0 Å². The van der Waals surface area contributed by atoms with Gasteiger partial charge in [-0.25, -0.2) is 17.9 Å². The number of sulfonamides is 1. The predicted octanol–water partition coefficient (Wildman–Crippen LogP) is 3.78. The quantitative estimate of drug-likeness (QED) is 0.280. The van der Waals surface area contributed by atoms with Crippen LogP contribution < -0.4 is 20.1 Å². The Morgan fingerprint density at radius 3 is 2.34 bits per heavy atom. The third kappa shape index (κ3) is 8.57. The first-order chi connectivity index (χ1) is 17.5. The van der Waals surface area contributed by atoms with Gasteiger partial charge >= 0.3 is 6.09 Å². The number of amides is 2. The van der Waals surface area contributed by atoms with E-state index in [-0.39, 0.29) is 18.9 Å². The lowest BCUT2D eigenvalue weighted by Gasteiger charge is -2.35. The second kappa shape index (κ2) is 12.7. The predicted molar refractivity (Wildman–Crippen MR) is 146 cm³/mol. The topological polar surface area (TPSA) is 132 Å². The van der Waals surface area contributed by atoms with Crippen LogP contribution in [0.25, 0.3) is 0 Å².